The van der Waals surface area contributed by atoms with Crippen molar-refractivity contribution in [2.45, 2.75) is 30.9 Å². The Hall–Kier alpha value is -2.68. The van der Waals surface area contributed by atoms with Gasteiger partial charge >= 0.3 is 6.03 Å². The number of ether oxygens (including phenoxy) is 1. The molecule has 0 bridgehead atoms. The lowest BCUT2D eigenvalue weighted by Gasteiger charge is -2.33. The average molecular weight is 448 g/mol. The number of urea groups is 1. The fraction of sp³-hybridized carbons (Fsp3) is 0.364. The van der Waals surface area contributed by atoms with Crippen LogP contribution in [0.4, 0.5) is 20.6 Å². The quantitative estimate of drug-likeness (QED) is 0.671. The summed E-state index contributed by atoms with van der Waals surface area (Å²) in [6.45, 7) is 1.34. The van der Waals surface area contributed by atoms with E-state index in [1.165, 1.54) is 12.1 Å². The molecule has 3 atom stereocenters. The fourth-order valence-electron chi connectivity index (χ4n) is 3.94. The molecule has 2 aromatic rings. The molecule has 3 amide bonds. The van der Waals surface area contributed by atoms with E-state index in [4.69, 9.17) is 16.3 Å². The number of hydrogen-bond donors (Lipinski definition) is 3. The molecule has 2 aliphatic rings. The van der Waals surface area contributed by atoms with Crippen LogP contribution in [0.3, 0.4) is 0 Å². The van der Waals surface area contributed by atoms with Crippen LogP contribution >= 0.6 is 11.6 Å². The molecule has 2 aromatic carbocycles. The van der Waals surface area contributed by atoms with Crippen molar-refractivity contribution in [2.24, 2.45) is 0 Å². The summed E-state index contributed by atoms with van der Waals surface area (Å²) >= 11 is 5.72. The Labute approximate surface area is 184 Å². The van der Waals surface area contributed by atoms with Crippen LogP contribution in [0, 0.1) is 5.82 Å². The summed E-state index contributed by atoms with van der Waals surface area (Å²) in [5.41, 5.74) is 1.66. The van der Waals surface area contributed by atoms with Gasteiger partial charge in [0.2, 0.25) is 5.91 Å². The lowest BCUT2D eigenvalue weighted by atomic mass is 9.95. The third-order valence-corrected chi connectivity index (χ3v) is 5.84. The summed E-state index contributed by atoms with van der Waals surface area (Å²) < 4.78 is 19.2. The first-order valence-corrected chi connectivity index (χ1v) is 10.5. The molecule has 0 radical (unpaired) electrons. The van der Waals surface area contributed by atoms with Gasteiger partial charge in [-0.25, -0.2) is 9.18 Å². The van der Waals surface area contributed by atoms with E-state index in [-0.39, 0.29) is 22.5 Å². The molecule has 3 N–H and O–H groups in total. The normalized spacial score (nSPS) is 23.6. The number of carbonyl (C=O) groups is 2. The Kier molecular flexibility index (Phi) is 6.41. The van der Waals surface area contributed by atoms with Gasteiger partial charge in [-0.05, 0) is 48.7 Å². The van der Waals surface area contributed by atoms with E-state index in [0.717, 1.165) is 17.3 Å². The van der Waals surface area contributed by atoms with Crippen molar-refractivity contribution in [3.8, 4) is 0 Å². The standard InChI is InChI=1S/C22H23ClFN3O4/c23-14-5-8-18(17(24)10-14)25-22(30)26-19-2-1-9-27(21(19)29)15-6-3-13(4-7-15)16-11-31-12-20(16)28/h3-8,10,16,19-20,28H,1-2,9,11-12H2,(H2,25,26,30)/t16?,19-,20?/m1/s1. The number of nitrogens with zero attached hydrogens (tertiary/aromatic N) is 1. The molecule has 0 aliphatic carbocycles. The Morgan fingerprint density at radius 1 is 1.19 bits per heavy atom. The van der Waals surface area contributed by atoms with Crippen molar-refractivity contribution in [3.05, 3.63) is 58.9 Å². The van der Waals surface area contributed by atoms with Crippen molar-refractivity contribution in [2.75, 3.05) is 30.0 Å². The molecule has 2 saturated heterocycles. The molecule has 9 heteroatoms. The first-order chi connectivity index (χ1) is 14.9. The van der Waals surface area contributed by atoms with Crippen LogP contribution in [-0.4, -0.2) is 48.9 Å². The topological polar surface area (TPSA) is 90.9 Å². The smallest absolute Gasteiger partial charge is 0.319 e. The highest BCUT2D eigenvalue weighted by Gasteiger charge is 2.32. The summed E-state index contributed by atoms with van der Waals surface area (Å²) in [5, 5.41) is 15.3. The summed E-state index contributed by atoms with van der Waals surface area (Å²) in [7, 11) is 0. The second-order valence-corrected chi connectivity index (χ2v) is 8.15. The number of benzene rings is 2. The van der Waals surface area contributed by atoms with Gasteiger partial charge in [0.15, 0.2) is 0 Å². The van der Waals surface area contributed by atoms with Crippen molar-refractivity contribution in [1.29, 1.82) is 0 Å². The summed E-state index contributed by atoms with van der Waals surface area (Å²) in [5.74, 6) is -0.954. The highest BCUT2D eigenvalue weighted by atomic mass is 35.5. The van der Waals surface area contributed by atoms with Crippen LogP contribution in [0.1, 0.15) is 24.3 Å². The number of halogens is 2. The Morgan fingerprint density at radius 3 is 2.65 bits per heavy atom. The van der Waals surface area contributed by atoms with E-state index in [9.17, 15) is 19.1 Å². The number of nitrogens with one attached hydrogen (secondary N) is 2. The summed E-state index contributed by atoms with van der Waals surface area (Å²) in [4.78, 5) is 26.9. The largest absolute Gasteiger partial charge is 0.390 e. The summed E-state index contributed by atoms with van der Waals surface area (Å²) in [6.07, 6.45) is 0.679. The van der Waals surface area contributed by atoms with E-state index in [0.29, 0.717) is 32.6 Å². The van der Waals surface area contributed by atoms with Gasteiger partial charge in [-0.3, -0.25) is 4.79 Å². The second-order valence-electron chi connectivity index (χ2n) is 7.71. The summed E-state index contributed by atoms with van der Waals surface area (Å²) in [6, 6.07) is 10.0. The SMILES string of the molecule is O=C(Nc1ccc(Cl)cc1F)N[C@@H]1CCCN(c2ccc(C3COCC3O)cc2)C1=O. The van der Waals surface area contributed by atoms with Crippen molar-refractivity contribution < 1.29 is 23.8 Å². The maximum absolute atomic E-state index is 13.9. The molecule has 2 unspecified atom stereocenters. The molecule has 0 spiro atoms. The van der Waals surface area contributed by atoms with Gasteiger partial charge in [-0.15, -0.1) is 0 Å². The predicted octanol–water partition coefficient (Wildman–Crippen LogP) is 3.27. The molecule has 2 aliphatic heterocycles. The molecule has 4 rings (SSSR count). The highest BCUT2D eigenvalue weighted by molar-refractivity contribution is 6.30. The average Bonchev–Trinajstić information content (AvgIpc) is 3.18. The monoisotopic (exact) mass is 447 g/mol. The van der Waals surface area contributed by atoms with Crippen molar-refractivity contribution in [3.63, 3.8) is 0 Å². The Bertz CT molecular complexity index is 972. The molecular weight excluding hydrogens is 425 g/mol. The van der Waals surface area contributed by atoms with E-state index in [1.54, 1.807) is 4.90 Å². The van der Waals surface area contributed by atoms with Crippen molar-refractivity contribution >= 4 is 34.9 Å². The van der Waals surface area contributed by atoms with Crippen molar-refractivity contribution in [1.82, 2.24) is 5.32 Å². The zero-order chi connectivity index (χ0) is 22.0. The Morgan fingerprint density at radius 2 is 1.97 bits per heavy atom. The van der Waals surface area contributed by atoms with Gasteiger partial charge in [-0.1, -0.05) is 23.7 Å². The zero-order valence-corrected chi connectivity index (χ0v) is 17.4. The highest BCUT2D eigenvalue weighted by Crippen LogP contribution is 2.29. The lowest BCUT2D eigenvalue weighted by Crippen LogP contribution is -2.53. The number of aliphatic hydroxyl groups excluding tert-OH is 1. The molecule has 31 heavy (non-hydrogen) atoms. The number of carbonyl (C=O) groups excluding carboxylic acids is 2. The fourth-order valence-corrected chi connectivity index (χ4v) is 4.09. The maximum atomic E-state index is 13.9. The van der Waals surface area contributed by atoms with Crippen LogP contribution in [0.15, 0.2) is 42.5 Å². The van der Waals surface area contributed by atoms with Gasteiger partial charge in [0, 0.05) is 23.2 Å². The van der Waals surface area contributed by atoms with Crippen LogP contribution in [0.25, 0.3) is 0 Å². The molecule has 7 nitrogen and oxygen atoms in total. The number of amides is 3. The lowest BCUT2D eigenvalue weighted by molar-refractivity contribution is -0.121. The van der Waals surface area contributed by atoms with Gasteiger partial charge in [0.05, 0.1) is 25.0 Å². The van der Waals surface area contributed by atoms with Gasteiger partial charge in [0.1, 0.15) is 11.9 Å². The number of piperidine rings is 1. The van der Waals surface area contributed by atoms with E-state index < -0.39 is 24.0 Å². The van der Waals surface area contributed by atoms with Crippen LogP contribution in [-0.2, 0) is 9.53 Å². The minimum Gasteiger partial charge on any atom is -0.390 e. The van der Waals surface area contributed by atoms with Gasteiger partial charge < -0.3 is 25.4 Å². The van der Waals surface area contributed by atoms with E-state index in [1.807, 2.05) is 24.3 Å². The predicted molar refractivity (Wildman–Crippen MR) is 115 cm³/mol. The van der Waals surface area contributed by atoms with E-state index >= 15 is 0 Å². The first-order valence-electron chi connectivity index (χ1n) is 10.1. The maximum Gasteiger partial charge on any atom is 0.319 e. The number of rotatable bonds is 4. The van der Waals surface area contributed by atoms with Crippen LogP contribution in [0.5, 0.6) is 0 Å². The first kappa shape index (κ1) is 21.5. The minimum atomic E-state index is -0.714. The molecule has 0 aromatic heterocycles. The third-order valence-electron chi connectivity index (χ3n) is 5.61. The van der Waals surface area contributed by atoms with Crippen LogP contribution in [0.2, 0.25) is 5.02 Å². The second kappa shape index (κ2) is 9.21. The molecule has 0 saturated carbocycles. The third kappa shape index (κ3) is 4.81. The van der Waals surface area contributed by atoms with Gasteiger partial charge in [-0.2, -0.15) is 0 Å². The zero-order valence-electron chi connectivity index (χ0n) is 16.7. The molecule has 164 valence electrons. The number of anilines is 2. The van der Waals surface area contributed by atoms with E-state index in [2.05, 4.69) is 10.6 Å². The number of aliphatic hydroxyl groups is 1. The van der Waals surface area contributed by atoms with Crippen LogP contribution < -0.4 is 15.5 Å². The van der Waals surface area contributed by atoms with Gasteiger partial charge in [0.25, 0.3) is 0 Å². The minimum absolute atomic E-state index is 0.0179. The Balaban J connectivity index is 1.40. The molecule has 2 heterocycles. The molecular formula is C22H23ClFN3O4. The molecule has 2 fully saturated rings. The number of hydrogen-bond acceptors (Lipinski definition) is 4.